The summed E-state index contributed by atoms with van der Waals surface area (Å²) in [4.78, 5) is 13.9. The number of hydrogen-bond acceptors (Lipinski definition) is 2. The summed E-state index contributed by atoms with van der Waals surface area (Å²) in [5.74, 6) is -0.305. The second-order valence-electron chi connectivity index (χ2n) is 4.77. The lowest BCUT2D eigenvalue weighted by molar-refractivity contribution is 0.209. The van der Waals surface area contributed by atoms with E-state index in [0.29, 0.717) is 24.8 Å². The van der Waals surface area contributed by atoms with E-state index in [9.17, 15) is 9.18 Å². The van der Waals surface area contributed by atoms with Crippen LogP contribution in [0.15, 0.2) is 24.3 Å². The fourth-order valence-electron chi connectivity index (χ4n) is 2.27. The lowest BCUT2D eigenvalue weighted by Gasteiger charge is -2.24. The van der Waals surface area contributed by atoms with E-state index in [1.54, 1.807) is 17.0 Å². The monoisotopic (exact) mass is 265 g/mol. The Bertz CT molecular complexity index is 415. The summed E-state index contributed by atoms with van der Waals surface area (Å²) in [5.41, 5.74) is 0.615. The minimum absolute atomic E-state index is 0.136. The zero-order valence-corrected chi connectivity index (χ0v) is 11.2. The van der Waals surface area contributed by atoms with Crippen LogP contribution in [-0.2, 0) is 0 Å². The fraction of sp³-hybridized carbons (Fsp3) is 0.500. The van der Waals surface area contributed by atoms with Gasteiger partial charge in [-0.25, -0.2) is 9.18 Å². The van der Waals surface area contributed by atoms with E-state index >= 15 is 0 Å². The summed E-state index contributed by atoms with van der Waals surface area (Å²) in [7, 11) is 0. The van der Waals surface area contributed by atoms with Crippen LogP contribution >= 0.6 is 0 Å². The van der Waals surface area contributed by atoms with E-state index in [2.05, 4.69) is 10.6 Å². The van der Waals surface area contributed by atoms with Gasteiger partial charge in [0.15, 0.2) is 0 Å². The first kappa shape index (κ1) is 13.8. The highest BCUT2D eigenvalue weighted by Crippen LogP contribution is 2.11. The average Bonchev–Trinajstić information content (AvgIpc) is 2.91. The molecule has 104 valence electrons. The number of urea groups is 1. The Balaban J connectivity index is 1.90. The average molecular weight is 265 g/mol. The minimum atomic E-state index is -0.305. The van der Waals surface area contributed by atoms with Crippen LogP contribution < -0.4 is 10.6 Å². The van der Waals surface area contributed by atoms with Crippen LogP contribution in [0.1, 0.15) is 19.8 Å². The molecule has 0 bridgehead atoms. The number of carbonyl (C=O) groups excluding carboxylic acids is 1. The Morgan fingerprint density at radius 3 is 2.79 bits per heavy atom. The molecule has 1 heterocycles. The van der Waals surface area contributed by atoms with E-state index in [1.165, 1.54) is 18.6 Å². The van der Waals surface area contributed by atoms with Gasteiger partial charge in [0, 0.05) is 24.8 Å². The Morgan fingerprint density at radius 1 is 1.47 bits per heavy atom. The minimum Gasteiger partial charge on any atom is -0.323 e. The number of benzene rings is 1. The number of halogens is 1. The van der Waals surface area contributed by atoms with E-state index in [0.717, 1.165) is 13.0 Å². The third-order valence-electron chi connectivity index (χ3n) is 3.37. The fourth-order valence-corrected chi connectivity index (χ4v) is 2.27. The lowest BCUT2D eigenvalue weighted by atomic mass is 10.2. The van der Waals surface area contributed by atoms with Crippen LogP contribution in [0.2, 0.25) is 0 Å². The van der Waals surface area contributed by atoms with Crippen molar-refractivity contribution in [3.63, 3.8) is 0 Å². The number of nitrogens with one attached hydrogen (secondary N) is 2. The van der Waals surface area contributed by atoms with Gasteiger partial charge in [-0.3, -0.25) is 0 Å². The number of anilines is 1. The maximum atomic E-state index is 12.8. The molecule has 0 radical (unpaired) electrons. The Kier molecular flexibility index (Phi) is 4.74. The summed E-state index contributed by atoms with van der Waals surface area (Å²) in [6.45, 7) is 4.36. The van der Waals surface area contributed by atoms with Crippen molar-refractivity contribution in [1.82, 2.24) is 10.2 Å². The molecule has 0 saturated carbocycles. The first-order valence-electron chi connectivity index (χ1n) is 6.74. The molecule has 0 spiro atoms. The molecule has 1 saturated heterocycles. The second kappa shape index (κ2) is 6.52. The van der Waals surface area contributed by atoms with Gasteiger partial charge in [0.2, 0.25) is 0 Å². The predicted molar refractivity (Wildman–Crippen MR) is 73.7 cm³/mol. The van der Waals surface area contributed by atoms with Crippen molar-refractivity contribution in [2.45, 2.75) is 25.8 Å². The Labute approximate surface area is 113 Å². The van der Waals surface area contributed by atoms with Crippen molar-refractivity contribution in [2.75, 3.05) is 25.0 Å². The predicted octanol–water partition coefficient (Wildman–Crippen LogP) is 2.43. The van der Waals surface area contributed by atoms with Crippen LogP contribution in [0.5, 0.6) is 0 Å². The van der Waals surface area contributed by atoms with Crippen LogP contribution in [0.25, 0.3) is 0 Å². The van der Waals surface area contributed by atoms with Gasteiger partial charge in [-0.2, -0.15) is 0 Å². The third kappa shape index (κ3) is 3.92. The molecule has 5 heteroatoms. The molecule has 4 nitrogen and oxygen atoms in total. The number of likely N-dealkylation sites (N-methyl/N-ethyl adjacent to an activating group) is 1. The molecule has 0 aromatic heterocycles. The number of carbonyl (C=O) groups is 1. The van der Waals surface area contributed by atoms with Gasteiger partial charge in [-0.15, -0.1) is 0 Å². The molecule has 1 unspecified atom stereocenters. The molecular formula is C14H20FN3O. The first-order valence-corrected chi connectivity index (χ1v) is 6.74. The quantitative estimate of drug-likeness (QED) is 0.878. The highest BCUT2D eigenvalue weighted by Gasteiger charge is 2.20. The topological polar surface area (TPSA) is 44.4 Å². The molecule has 2 rings (SSSR count). The van der Waals surface area contributed by atoms with Crippen LogP contribution in [0.4, 0.5) is 14.9 Å². The molecule has 2 N–H and O–H groups in total. The molecule has 1 aromatic carbocycles. The summed E-state index contributed by atoms with van der Waals surface area (Å²) in [5, 5.41) is 6.16. The van der Waals surface area contributed by atoms with Crippen LogP contribution in [0.3, 0.4) is 0 Å². The van der Waals surface area contributed by atoms with Crippen LogP contribution in [-0.4, -0.2) is 36.6 Å². The first-order chi connectivity index (χ1) is 9.19. The van der Waals surface area contributed by atoms with E-state index in [1.807, 2.05) is 6.92 Å². The number of rotatable bonds is 4. The second-order valence-corrected chi connectivity index (χ2v) is 4.77. The standard InChI is InChI=1S/C14H20FN3O/c1-2-18(10-13-4-3-9-16-13)14(19)17-12-7-5-11(15)6-8-12/h5-8,13,16H,2-4,9-10H2,1H3,(H,17,19). The maximum Gasteiger partial charge on any atom is 0.321 e. The summed E-state index contributed by atoms with van der Waals surface area (Å²) < 4.78 is 12.8. The van der Waals surface area contributed by atoms with Crippen molar-refractivity contribution in [3.8, 4) is 0 Å². The van der Waals surface area contributed by atoms with Crippen LogP contribution in [0, 0.1) is 5.82 Å². The van der Waals surface area contributed by atoms with Crippen molar-refractivity contribution >= 4 is 11.7 Å². The van der Waals surface area contributed by atoms with Gasteiger partial charge in [-0.05, 0) is 50.6 Å². The Hall–Kier alpha value is -1.62. The molecule has 1 fully saturated rings. The normalized spacial score (nSPS) is 18.3. The number of hydrogen-bond donors (Lipinski definition) is 2. The molecule has 1 atom stereocenters. The molecule has 1 aliphatic heterocycles. The molecule has 1 aliphatic rings. The number of nitrogens with zero attached hydrogens (tertiary/aromatic N) is 1. The zero-order chi connectivity index (χ0) is 13.7. The van der Waals surface area contributed by atoms with E-state index < -0.39 is 0 Å². The Morgan fingerprint density at radius 2 is 2.21 bits per heavy atom. The van der Waals surface area contributed by atoms with Gasteiger partial charge in [0.05, 0.1) is 0 Å². The highest BCUT2D eigenvalue weighted by molar-refractivity contribution is 5.89. The van der Waals surface area contributed by atoms with E-state index in [-0.39, 0.29) is 11.8 Å². The smallest absolute Gasteiger partial charge is 0.321 e. The molecule has 1 aromatic rings. The molecule has 2 amide bonds. The summed E-state index contributed by atoms with van der Waals surface area (Å²) >= 11 is 0. The number of amides is 2. The van der Waals surface area contributed by atoms with Crippen molar-refractivity contribution in [2.24, 2.45) is 0 Å². The molecule has 19 heavy (non-hydrogen) atoms. The van der Waals surface area contributed by atoms with Crippen molar-refractivity contribution in [3.05, 3.63) is 30.1 Å². The third-order valence-corrected chi connectivity index (χ3v) is 3.37. The van der Waals surface area contributed by atoms with Crippen molar-refractivity contribution in [1.29, 1.82) is 0 Å². The summed E-state index contributed by atoms with van der Waals surface area (Å²) in [6, 6.07) is 6.06. The van der Waals surface area contributed by atoms with Gasteiger partial charge < -0.3 is 15.5 Å². The van der Waals surface area contributed by atoms with Gasteiger partial charge in [-0.1, -0.05) is 0 Å². The van der Waals surface area contributed by atoms with Crippen molar-refractivity contribution < 1.29 is 9.18 Å². The molecular weight excluding hydrogens is 245 g/mol. The highest BCUT2D eigenvalue weighted by atomic mass is 19.1. The summed E-state index contributed by atoms with van der Waals surface area (Å²) in [6.07, 6.45) is 2.28. The zero-order valence-electron chi connectivity index (χ0n) is 11.2. The van der Waals surface area contributed by atoms with Gasteiger partial charge in [0.25, 0.3) is 0 Å². The molecule has 0 aliphatic carbocycles. The van der Waals surface area contributed by atoms with Gasteiger partial charge >= 0.3 is 6.03 Å². The maximum absolute atomic E-state index is 12.8. The van der Waals surface area contributed by atoms with Gasteiger partial charge in [0.1, 0.15) is 5.82 Å². The van der Waals surface area contributed by atoms with E-state index in [4.69, 9.17) is 0 Å². The largest absolute Gasteiger partial charge is 0.323 e. The lowest BCUT2D eigenvalue weighted by Crippen LogP contribution is -2.43. The SMILES string of the molecule is CCN(CC1CCCN1)C(=O)Nc1ccc(F)cc1.